The number of benzene rings is 9. The summed E-state index contributed by atoms with van der Waals surface area (Å²) >= 11 is 0. The molecule has 30 heteroatoms. The number of anilines is 3. The molecule has 0 aliphatic heterocycles. The maximum atomic E-state index is 13.3. The Labute approximate surface area is 733 Å². The third kappa shape index (κ3) is 32.6. The third-order valence-corrected chi connectivity index (χ3v) is 17.3. The molecule has 0 aliphatic rings. The van der Waals surface area contributed by atoms with Crippen molar-refractivity contribution in [3.05, 3.63) is 351 Å². The van der Waals surface area contributed by atoms with E-state index in [1.807, 2.05) is 197 Å². The number of aliphatic hydroxyl groups excluding tert-OH is 4. The van der Waals surface area contributed by atoms with Crippen molar-refractivity contribution >= 4 is 85.2 Å². The van der Waals surface area contributed by atoms with Crippen molar-refractivity contribution in [1.82, 2.24) is 40.0 Å². The van der Waals surface area contributed by atoms with Crippen LogP contribution in [0.2, 0.25) is 0 Å². The molecule has 3 heterocycles. The van der Waals surface area contributed by atoms with Crippen molar-refractivity contribution in [3.8, 4) is 17.1 Å². The number of aryl methyl sites for hydroxylation is 3. The van der Waals surface area contributed by atoms with Crippen LogP contribution >= 0.6 is 21.4 Å². The van der Waals surface area contributed by atoms with Crippen LogP contribution in [0.4, 0.5) is 28.4 Å². The van der Waals surface area contributed by atoms with E-state index in [1.54, 1.807) is 109 Å². The standard InChI is InChI=1S/C28H27N5O2.C28H31N5O2.C25H20N4O2.C5H14N2.C3H9NO.B.Cl2OS.Na.H/c1-19-15-26(33(32-19)25-14-8-12-23(17-25)29-3)28(35)31-24-13-7-11-22(16-24)27(30-18-20(2)34)21-9-5-4-6-10-21;1-19-14-26(33(32-19)25-13-6-8-21(15-25)17-29)28(35)31-24-12-7-11-23(16-24)27(30-18-20(2)34)22-9-4-3-5-10-22;1-17-14-23(29(28-17)22-13-7-11-20(16-22)26-2)25(31)27-21-12-6-10-19(15-21)24(30)18-8-4-3-5-9-18;6-4-2-1-3-5-7;1-3(5)2-4;;1-4(2)3;;/h4-17,20,27,30,34H,18H2,1-2H3,(H,31,35);3-16,20,27,30,34H,17-18,29H2,1-2H3,(H,31,35);3-16,24,30H,1H3,(H,27,31);1-7H2;3,5H,2,4H2,1H3;;;;/q;;;;;;;+1;-1. The molecular formula is C89H102BCl2N17NaO8S. The number of aliphatic hydroxyl groups is 4. The van der Waals surface area contributed by atoms with E-state index in [1.165, 1.54) is 11.1 Å². The Morgan fingerprint density at radius 3 is 1.08 bits per heavy atom. The first-order chi connectivity index (χ1) is 56.3. The van der Waals surface area contributed by atoms with Crippen molar-refractivity contribution in [2.45, 2.75) is 104 Å². The van der Waals surface area contributed by atoms with Crippen molar-refractivity contribution in [3.63, 3.8) is 0 Å². The van der Waals surface area contributed by atoms with Crippen molar-refractivity contribution in [2.75, 3.05) is 48.7 Å². The predicted molar refractivity (Wildman–Crippen MR) is 474 cm³/mol. The second kappa shape index (κ2) is 52.3. The number of hydrogen-bond donors (Lipinski definition) is 13. The van der Waals surface area contributed by atoms with Gasteiger partial charge >= 0.3 is 29.6 Å². The van der Waals surface area contributed by atoms with Gasteiger partial charge in [0, 0.05) is 73.0 Å². The molecule has 3 amide bonds. The quantitative estimate of drug-likeness (QED) is 0.00984. The van der Waals surface area contributed by atoms with Gasteiger partial charge in [0.05, 0.1) is 77.7 Å². The van der Waals surface area contributed by atoms with Gasteiger partial charge in [-0.1, -0.05) is 170 Å². The summed E-state index contributed by atoms with van der Waals surface area (Å²) in [4.78, 5) is 46.5. The average Bonchev–Trinajstić information content (AvgIpc) is 1.65. The Morgan fingerprint density at radius 1 is 0.437 bits per heavy atom. The van der Waals surface area contributed by atoms with Crippen molar-refractivity contribution in [2.24, 2.45) is 22.9 Å². The largest absolute Gasteiger partial charge is 1.00 e. The SMILES string of the molecule is CC(O)CN.Cc1cc(C(=O)Nc2cccc(C(NCC(C)O)c3ccccc3)c2)n(-c2cccc(CN)c2)n1.NCCCCCN.O=S(Cl)Cl.[B].[C-]#[N+]c1cccc(-n2nc(C)cc2C(=O)Nc2cccc(C(NCC(C)O)c3ccccc3)c2)c1.[C-]#[N+]c1cccc(-n2nc(C)cc2C(=O)Nc2cccc(C(O)c3ccccc3)c2)c1.[H-].[Na+]. The zero-order chi connectivity index (χ0) is 84.8. The fourth-order valence-corrected chi connectivity index (χ4v) is 11.8. The van der Waals surface area contributed by atoms with Gasteiger partial charge in [0.2, 0.25) is 9.23 Å². The van der Waals surface area contributed by atoms with E-state index in [4.69, 9.17) is 45.4 Å². The number of carbonyl (C=O) groups excluding carboxylic acids is 3. The Morgan fingerprint density at radius 2 is 0.748 bits per heavy atom. The summed E-state index contributed by atoms with van der Waals surface area (Å²) in [5.74, 6) is -0.890. The molecule has 9 aromatic carbocycles. The predicted octanol–water partition coefficient (Wildman–Crippen LogP) is 11.2. The van der Waals surface area contributed by atoms with Gasteiger partial charge in [-0.2, -0.15) is 15.3 Å². The van der Waals surface area contributed by atoms with Crippen LogP contribution < -0.4 is 79.1 Å². The summed E-state index contributed by atoms with van der Waals surface area (Å²) in [6.45, 7) is 28.4. The molecule has 0 fully saturated rings. The first kappa shape index (κ1) is 99.0. The summed E-state index contributed by atoms with van der Waals surface area (Å²) in [7, 11) is 7.36. The normalized spacial score (nSPS) is 11.9. The van der Waals surface area contributed by atoms with Gasteiger partial charge < -0.3 is 71.4 Å². The van der Waals surface area contributed by atoms with Crippen molar-refractivity contribution in [1.29, 1.82) is 0 Å². The Bertz CT molecular complexity index is 5230. The number of nitrogens with zero attached hydrogens (tertiary/aromatic N) is 8. The van der Waals surface area contributed by atoms with E-state index in [0.29, 0.717) is 100 Å². The monoisotopic (exact) mass is 1670 g/mol. The molecule has 0 aliphatic carbocycles. The number of halogens is 2. The molecule has 17 N–H and O–H groups in total. The van der Waals surface area contributed by atoms with E-state index < -0.39 is 27.5 Å². The summed E-state index contributed by atoms with van der Waals surface area (Å²) in [5.41, 5.74) is 35.9. The molecule has 0 saturated carbocycles. The minimum atomic E-state index is -1.67. The molecule has 0 bridgehead atoms. The van der Waals surface area contributed by atoms with E-state index in [9.17, 15) is 29.7 Å². The molecule has 615 valence electrons. The average molecular weight is 1670 g/mol. The Balaban J connectivity index is 0.000000342. The Hall–Kier alpha value is -10.6. The molecule has 12 rings (SSSR count). The second-order valence-corrected chi connectivity index (χ2v) is 29.6. The molecule has 3 radical (unpaired) electrons. The molecule has 12 aromatic rings. The van der Waals surface area contributed by atoms with Crippen LogP contribution in [-0.4, -0.2) is 131 Å². The van der Waals surface area contributed by atoms with Crippen LogP contribution in [0.3, 0.4) is 0 Å². The number of hydrogen-bond acceptors (Lipinski definition) is 17. The van der Waals surface area contributed by atoms with Crippen LogP contribution in [0, 0.1) is 33.9 Å². The fraction of sp³-hybridized carbons (Fsp3) is 0.236. The first-order valence-corrected chi connectivity index (χ1v) is 40.5. The maximum Gasteiger partial charge on any atom is 1.00 e. The van der Waals surface area contributed by atoms with Crippen LogP contribution in [0.5, 0.6) is 0 Å². The van der Waals surface area contributed by atoms with E-state index >= 15 is 0 Å². The zero-order valence-corrected chi connectivity index (χ0v) is 72.0. The fourth-order valence-electron chi connectivity index (χ4n) is 11.8. The van der Waals surface area contributed by atoms with Crippen LogP contribution in [0.25, 0.3) is 26.8 Å². The molecule has 119 heavy (non-hydrogen) atoms. The number of unbranched alkanes of at least 4 members (excludes halogenated alkanes) is 2. The summed E-state index contributed by atoms with van der Waals surface area (Å²) in [6, 6.07) is 78.4. The van der Waals surface area contributed by atoms with Gasteiger partial charge in [0.15, 0.2) is 11.4 Å². The molecule has 25 nitrogen and oxygen atoms in total. The molecule has 3 aromatic heterocycles. The van der Waals surface area contributed by atoms with Gasteiger partial charge in [0.25, 0.3) is 17.7 Å². The van der Waals surface area contributed by atoms with Gasteiger partial charge in [-0.15, -0.1) is 0 Å². The summed E-state index contributed by atoms with van der Waals surface area (Å²) in [5, 5.41) is 67.6. The van der Waals surface area contributed by atoms with E-state index in [2.05, 4.69) is 72.9 Å². The molecule has 6 unspecified atom stereocenters. The number of nitrogens with one attached hydrogen (secondary N) is 5. The van der Waals surface area contributed by atoms with Crippen LogP contribution in [0.15, 0.2) is 255 Å². The van der Waals surface area contributed by atoms with Gasteiger partial charge in [-0.05, 0) is 197 Å². The number of rotatable bonds is 27. The third-order valence-electron chi connectivity index (χ3n) is 17.3. The molecule has 6 atom stereocenters. The molecule has 0 saturated heterocycles. The van der Waals surface area contributed by atoms with E-state index in [-0.39, 0.29) is 75.3 Å². The summed E-state index contributed by atoms with van der Waals surface area (Å²) in [6.07, 6.45) is 1.33. The number of nitrogens with two attached hydrogens (primary N) is 4. The Kier molecular flexibility index (Phi) is 43.5. The van der Waals surface area contributed by atoms with E-state index in [0.717, 1.165) is 70.7 Å². The van der Waals surface area contributed by atoms with Gasteiger partial charge in [-0.3, -0.25) is 14.4 Å². The van der Waals surface area contributed by atoms with Crippen molar-refractivity contribution < 1.29 is 70.0 Å². The number of carbonyl (C=O) groups is 3. The maximum absolute atomic E-state index is 13.3. The van der Waals surface area contributed by atoms with Crippen LogP contribution in [-0.2, 0) is 15.8 Å². The van der Waals surface area contributed by atoms with Gasteiger partial charge in [-0.25, -0.2) is 27.9 Å². The minimum Gasteiger partial charge on any atom is -1.00 e. The smallest absolute Gasteiger partial charge is 1.00 e. The molecule has 0 spiro atoms. The number of aromatic nitrogens is 6. The minimum absolute atomic E-state index is 0. The topological polar surface area (TPSA) is 376 Å². The zero-order valence-electron chi connectivity index (χ0n) is 68.6. The van der Waals surface area contributed by atoms with Gasteiger partial charge in [0.1, 0.15) is 23.2 Å². The first-order valence-electron chi connectivity index (χ1n) is 37.7. The summed E-state index contributed by atoms with van der Waals surface area (Å²) < 4.78 is 13.8. The second-order valence-electron chi connectivity index (χ2n) is 27.0. The number of amides is 3. The molecular weight excluding hydrogens is 1570 g/mol. The van der Waals surface area contributed by atoms with Crippen LogP contribution in [0.1, 0.15) is 147 Å².